The Hall–Kier alpha value is -4.65. The van der Waals surface area contributed by atoms with Crippen LogP contribution in [0.15, 0.2) is 48.5 Å². The molecule has 41 heavy (non-hydrogen) atoms. The summed E-state index contributed by atoms with van der Waals surface area (Å²) in [5.41, 5.74) is 7.18. The summed E-state index contributed by atoms with van der Waals surface area (Å²) >= 11 is 0. The van der Waals surface area contributed by atoms with Crippen molar-refractivity contribution in [3.63, 3.8) is 0 Å². The normalized spacial score (nSPS) is 13.9. The van der Waals surface area contributed by atoms with Crippen LogP contribution in [0.2, 0.25) is 0 Å². The van der Waals surface area contributed by atoms with E-state index >= 15 is 0 Å². The summed E-state index contributed by atoms with van der Waals surface area (Å²) in [6.45, 7) is 3.25. The Balaban J connectivity index is 2.12. The fraction of sp³-hybridized carbons (Fsp3) is 0.393. The van der Waals surface area contributed by atoms with Crippen LogP contribution in [-0.2, 0) is 36.8 Å². The third kappa shape index (κ3) is 10.8. The maximum atomic E-state index is 13.2. The van der Waals surface area contributed by atoms with Crippen LogP contribution in [0, 0.1) is 5.92 Å². The largest absolute Gasteiger partial charge is 0.508 e. The number of nitrogens with one attached hydrogen (secondary N) is 3. The van der Waals surface area contributed by atoms with Gasteiger partial charge < -0.3 is 42.1 Å². The Bertz CT molecular complexity index is 1220. The van der Waals surface area contributed by atoms with Crippen LogP contribution >= 0.6 is 0 Å². The number of aliphatic carboxylic acids is 2. The van der Waals surface area contributed by atoms with Gasteiger partial charge in [0.1, 0.15) is 29.6 Å². The first-order valence-electron chi connectivity index (χ1n) is 12.9. The number of phenols is 2. The Labute approximate surface area is 236 Å². The molecule has 0 aromatic heterocycles. The molecule has 4 unspecified atom stereocenters. The lowest BCUT2D eigenvalue weighted by atomic mass is 10.00. The molecule has 0 spiro atoms. The zero-order valence-corrected chi connectivity index (χ0v) is 22.7. The Morgan fingerprint density at radius 1 is 0.707 bits per heavy atom. The molecule has 222 valence electrons. The monoisotopic (exact) mass is 572 g/mol. The van der Waals surface area contributed by atoms with E-state index in [0.29, 0.717) is 11.1 Å². The van der Waals surface area contributed by atoms with Crippen LogP contribution in [0.25, 0.3) is 0 Å². The predicted molar refractivity (Wildman–Crippen MR) is 147 cm³/mol. The van der Waals surface area contributed by atoms with Crippen LogP contribution in [0.4, 0.5) is 0 Å². The van der Waals surface area contributed by atoms with E-state index in [0.717, 1.165) is 0 Å². The highest BCUT2D eigenvalue weighted by molar-refractivity contribution is 5.94. The number of carboxylic acids is 2. The molecule has 0 bridgehead atoms. The van der Waals surface area contributed by atoms with Crippen LogP contribution in [0.1, 0.15) is 37.8 Å². The van der Waals surface area contributed by atoms with Gasteiger partial charge in [0.15, 0.2) is 0 Å². The number of hydrogen-bond donors (Lipinski definition) is 8. The third-order valence-electron chi connectivity index (χ3n) is 6.25. The van der Waals surface area contributed by atoms with E-state index in [-0.39, 0.29) is 30.8 Å². The first-order valence-corrected chi connectivity index (χ1v) is 12.9. The molecule has 0 radical (unpaired) electrons. The van der Waals surface area contributed by atoms with Crippen LogP contribution in [-0.4, -0.2) is 74.3 Å². The second-order valence-electron chi connectivity index (χ2n) is 9.97. The minimum absolute atomic E-state index is 0.00176. The average molecular weight is 573 g/mol. The highest BCUT2D eigenvalue weighted by Crippen LogP contribution is 2.13. The van der Waals surface area contributed by atoms with Crippen molar-refractivity contribution in [2.24, 2.45) is 11.7 Å². The molecule has 0 aliphatic rings. The minimum Gasteiger partial charge on any atom is -0.508 e. The van der Waals surface area contributed by atoms with Crippen molar-refractivity contribution in [1.29, 1.82) is 0 Å². The number of aromatic hydroxyl groups is 2. The zero-order valence-electron chi connectivity index (χ0n) is 22.7. The quantitative estimate of drug-likeness (QED) is 0.145. The predicted octanol–water partition coefficient (Wildman–Crippen LogP) is 0.270. The van der Waals surface area contributed by atoms with E-state index in [1.807, 2.05) is 0 Å². The zero-order chi connectivity index (χ0) is 30.7. The summed E-state index contributed by atoms with van der Waals surface area (Å²) in [6.07, 6.45) is -0.758. The minimum atomic E-state index is -1.34. The van der Waals surface area contributed by atoms with E-state index < -0.39 is 66.2 Å². The molecule has 13 nitrogen and oxygen atoms in total. The van der Waals surface area contributed by atoms with Gasteiger partial charge in [-0.2, -0.15) is 0 Å². The summed E-state index contributed by atoms with van der Waals surface area (Å²) in [4.78, 5) is 62.0. The van der Waals surface area contributed by atoms with E-state index in [9.17, 15) is 39.3 Å². The lowest BCUT2D eigenvalue weighted by molar-refractivity contribution is -0.142. The summed E-state index contributed by atoms with van der Waals surface area (Å²) in [7, 11) is 0. The van der Waals surface area contributed by atoms with Gasteiger partial charge >= 0.3 is 11.9 Å². The van der Waals surface area contributed by atoms with Crippen LogP contribution in [0.3, 0.4) is 0 Å². The summed E-state index contributed by atoms with van der Waals surface area (Å²) in [6, 6.07) is 6.83. The fourth-order valence-electron chi connectivity index (χ4n) is 3.91. The number of carbonyl (C=O) groups excluding carboxylic acids is 3. The van der Waals surface area contributed by atoms with Crippen molar-refractivity contribution in [3.05, 3.63) is 59.7 Å². The first-order chi connectivity index (χ1) is 19.3. The molecule has 0 aliphatic heterocycles. The van der Waals surface area contributed by atoms with Crippen molar-refractivity contribution in [2.75, 3.05) is 0 Å². The molecule has 9 N–H and O–H groups in total. The standard InChI is InChI=1S/C28H36N4O9/c1-15(2)24(27(39)31-22(28(40)41)14-17-5-9-19(34)10-6-17)32-26(38)21(11-12-23(35)36)30-25(37)20(29)13-16-3-7-18(33)8-4-16/h3-10,15,20-22,24,33-34H,11-14,29H2,1-2H3,(H,30,37)(H,31,39)(H,32,38)(H,35,36)(H,40,41). The van der Waals surface area contributed by atoms with Gasteiger partial charge in [0, 0.05) is 12.8 Å². The van der Waals surface area contributed by atoms with Gasteiger partial charge in [-0.3, -0.25) is 19.2 Å². The molecular formula is C28H36N4O9. The third-order valence-corrected chi connectivity index (χ3v) is 6.25. The molecular weight excluding hydrogens is 536 g/mol. The number of phenolic OH excluding ortho intramolecular Hbond substituents is 2. The summed E-state index contributed by atoms with van der Waals surface area (Å²) in [5.74, 6) is -5.34. The fourth-order valence-corrected chi connectivity index (χ4v) is 3.91. The molecule has 2 rings (SSSR count). The van der Waals surface area contributed by atoms with E-state index in [1.165, 1.54) is 36.4 Å². The molecule has 0 saturated carbocycles. The Morgan fingerprint density at radius 2 is 1.20 bits per heavy atom. The van der Waals surface area contributed by atoms with Crippen molar-refractivity contribution < 1.29 is 44.4 Å². The van der Waals surface area contributed by atoms with Gasteiger partial charge in [0.25, 0.3) is 0 Å². The van der Waals surface area contributed by atoms with Crippen LogP contribution in [0.5, 0.6) is 11.5 Å². The maximum Gasteiger partial charge on any atom is 0.326 e. The van der Waals surface area contributed by atoms with Gasteiger partial charge in [0.2, 0.25) is 17.7 Å². The number of hydrogen-bond acceptors (Lipinski definition) is 8. The SMILES string of the molecule is CC(C)C(NC(=O)C(CCC(=O)O)NC(=O)C(N)Cc1ccc(O)cc1)C(=O)NC(Cc1ccc(O)cc1)C(=O)O. The molecule has 0 heterocycles. The number of rotatable bonds is 15. The lowest BCUT2D eigenvalue weighted by Crippen LogP contribution is -2.58. The van der Waals surface area contributed by atoms with Crippen molar-refractivity contribution in [3.8, 4) is 11.5 Å². The lowest BCUT2D eigenvalue weighted by Gasteiger charge is -2.27. The van der Waals surface area contributed by atoms with Gasteiger partial charge in [0.05, 0.1) is 6.04 Å². The van der Waals surface area contributed by atoms with E-state index in [2.05, 4.69) is 16.0 Å². The first kappa shape index (κ1) is 32.6. The highest BCUT2D eigenvalue weighted by Gasteiger charge is 2.32. The molecule has 13 heteroatoms. The Morgan fingerprint density at radius 3 is 1.66 bits per heavy atom. The number of nitrogens with two attached hydrogens (primary N) is 1. The summed E-state index contributed by atoms with van der Waals surface area (Å²) < 4.78 is 0. The second-order valence-corrected chi connectivity index (χ2v) is 9.97. The number of benzene rings is 2. The average Bonchev–Trinajstić information content (AvgIpc) is 2.90. The second kappa shape index (κ2) is 15.2. The smallest absolute Gasteiger partial charge is 0.326 e. The van der Waals surface area contributed by atoms with E-state index in [4.69, 9.17) is 10.8 Å². The maximum absolute atomic E-state index is 13.2. The van der Waals surface area contributed by atoms with Gasteiger partial charge in [-0.1, -0.05) is 38.1 Å². The van der Waals surface area contributed by atoms with Gasteiger partial charge in [-0.25, -0.2) is 4.79 Å². The number of amides is 3. The van der Waals surface area contributed by atoms with E-state index in [1.54, 1.807) is 26.0 Å². The number of carboxylic acid groups (broad SMARTS) is 2. The highest BCUT2D eigenvalue weighted by atomic mass is 16.4. The summed E-state index contributed by atoms with van der Waals surface area (Å²) in [5, 5.41) is 45.0. The molecule has 3 amide bonds. The molecule has 0 aliphatic carbocycles. The topological polar surface area (TPSA) is 228 Å². The molecule has 0 fully saturated rings. The number of carbonyl (C=O) groups is 5. The molecule has 4 atom stereocenters. The van der Waals surface area contributed by atoms with Crippen LogP contribution < -0.4 is 21.7 Å². The van der Waals surface area contributed by atoms with Gasteiger partial charge in [-0.05, 0) is 54.2 Å². The van der Waals surface area contributed by atoms with Crippen molar-refractivity contribution >= 4 is 29.7 Å². The molecule has 2 aromatic rings. The Kier molecular flexibility index (Phi) is 12.1. The molecule has 0 saturated heterocycles. The van der Waals surface area contributed by atoms with Crippen molar-refractivity contribution in [1.82, 2.24) is 16.0 Å². The van der Waals surface area contributed by atoms with Gasteiger partial charge in [-0.15, -0.1) is 0 Å². The molecule has 2 aromatic carbocycles. The van der Waals surface area contributed by atoms with Crippen molar-refractivity contribution in [2.45, 2.75) is 63.7 Å².